The minimum absolute atomic E-state index is 0.0445. The summed E-state index contributed by atoms with van der Waals surface area (Å²) in [4.78, 5) is 10.9. The highest BCUT2D eigenvalue weighted by Crippen LogP contribution is 2.05. The van der Waals surface area contributed by atoms with Crippen LogP contribution in [0.15, 0.2) is 11.6 Å². The molecule has 0 spiro atoms. The van der Waals surface area contributed by atoms with E-state index in [4.69, 9.17) is 4.74 Å². The van der Waals surface area contributed by atoms with Crippen LogP contribution in [0.4, 0.5) is 0 Å². The summed E-state index contributed by atoms with van der Waals surface area (Å²) in [5.74, 6) is -0.107. The molecule has 0 fully saturated rings. The zero-order chi connectivity index (χ0) is 10.3. The first-order valence-electron chi connectivity index (χ1n) is 4.89. The summed E-state index contributed by atoms with van der Waals surface area (Å²) in [6, 6.07) is 0. The van der Waals surface area contributed by atoms with Crippen LogP contribution in [0, 0.1) is 0 Å². The standard InChI is InChI=1S/C11H20O2/c1-5-11(12)13-10(4)8-6-7-9(2)3/h7,10H,5-6,8H2,1-4H3/t10-/m0/s1. The zero-order valence-corrected chi connectivity index (χ0v) is 9.09. The molecule has 0 unspecified atom stereocenters. The van der Waals surface area contributed by atoms with E-state index in [1.165, 1.54) is 5.57 Å². The smallest absolute Gasteiger partial charge is 0.305 e. The maximum atomic E-state index is 10.9. The van der Waals surface area contributed by atoms with Gasteiger partial charge in [0, 0.05) is 6.42 Å². The third-order valence-electron chi connectivity index (χ3n) is 1.75. The Balaban J connectivity index is 3.57. The molecular weight excluding hydrogens is 164 g/mol. The summed E-state index contributed by atoms with van der Waals surface area (Å²) in [6.45, 7) is 7.89. The van der Waals surface area contributed by atoms with E-state index in [2.05, 4.69) is 19.9 Å². The second-order valence-corrected chi connectivity index (χ2v) is 3.51. The van der Waals surface area contributed by atoms with Crippen molar-refractivity contribution in [1.82, 2.24) is 0 Å². The number of allylic oxidation sites excluding steroid dienone is 2. The van der Waals surface area contributed by atoms with Gasteiger partial charge in [0.15, 0.2) is 0 Å². The number of esters is 1. The third-order valence-corrected chi connectivity index (χ3v) is 1.75. The van der Waals surface area contributed by atoms with Crippen molar-refractivity contribution in [2.45, 2.75) is 53.1 Å². The topological polar surface area (TPSA) is 26.3 Å². The van der Waals surface area contributed by atoms with Crippen LogP contribution in [-0.4, -0.2) is 12.1 Å². The quantitative estimate of drug-likeness (QED) is 0.485. The van der Waals surface area contributed by atoms with Gasteiger partial charge in [0.2, 0.25) is 0 Å². The van der Waals surface area contributed by atoms with Crippen molar-refractivity contribution in [2.75, 3.05) is 0 Å². The lowest BCUT2D eigenvalue weighted by molar-refractivity contribution is -0.148. The van der Waals surface area contributed by atoms with E-state index in [0.29, 0.717) is 6.42 Å². The molecule has 0 heterocycles. The van der Waals surface area contributed by atoms with Crippen molar-refractivity contribution in [1.29, 1.82) is 0 Å². The summed E-state index contributed by atoms with van der Waals surface area (Å²) in [7, 11) is 0. The molecule has 0 saturated heterocycles. The van der Waals surface area contributed by atoms with Gasteiger partial charge in [-0.1, -0.05) is 18.6 Å². The minimum Gasteiger partial charge on any atom is -0.463 e. The second kappa shape index (κ2) is 6.70. The van der Waals surface area contributed by atoms with Gasteiger partial charge in [-0.3, -0.25) is 4.79 Å². The molecule has 0 aromatic carbocycles. The van der Waals surface area contributed by atoms with Crippen LogP contribution in [-0.2, 0) is 9.53 Å². The van der Waals surface area contributed by atoms with Gasteiger partial charge in [0.05, 0.1) is 6.10 Å². The van der Waals surface area contributed by atoms with Crippen LogP contribution in [0.5, 0.6) is 0 Å². The monoisotopic (exact) mass is 184 g/mol. The van der Waals surface area contributed by atoms with Gasteiger partial charge in [-0.15, -0.1) is 0 Å². The minimum atomic E-state index is -0.107. The average molecular weight is 184 g/mol. The van der Waals surface area contributed by atoms with Crippen LogP contribution in [0.1, 0.15) is 47.0 Å². The SMILES string of the molecule is CCC(=O)O[C@@H](C)CCC=C(C)C. The Morgan fingerprint density at radius 2 is 2.08 bits per heavy atom. The summed E-state index contributed by atoms with van der Waals surface area (Å²) in [5.41, 5.74) is 1.31. The maximum absolute atomic E-state index is 10.9. The first kappa shape index (κ1) is 12.2. The van der Waals surface area contributed by atoms with Crippen LogP contribution < -0.4 is 0 Å². The Kier molecular flexibility index (Phi) is 6.29. The third kappa shape index (κ3) is 7.57. The summed E-state index contributed by atoms with van der Waals surface area (Å²) < 4.78 is 5.11. The first-order valence-corrected chi connectivity index (χ1v) is 4.89. The number of carbonyl (C=O) groups is 1. The fourth-order valence-corrected chi connectivity index (χ4v) is 0.973. The Bertz CT molecular complexity index is 179. The largest absolute Gasteiger partial charge is 0.463 e. The highest BCUT2D eigenvalue weighted by Gasteiger charge is 2.05. The molecule has 76 valence electrons. The molecule has 2 nitrogen and oxygen atoms in total. The molecule has 0 N–H and O–H groups in total. The highest BCUT2D eigenvalue weighted by atomic mass is 16.5. The van der Waals surface area contributed by atoms with E-state index in [1.807, 2.05) is 13.8 Å². The van der Waals surface area contributed by atoms with Gasteiger partial charge in [-0.2, -0.15) is 0 Å². The van der Waals surface area contributed by atoms with Crippen LogP contribution in [0.3, 0.4) is 0 Å². The highest BCUT2D eigenvalue weighted by molar-refractivity contribution is 5.69. The molecule has 0 aliphatic heterocycles. The Morgan fingerprint density at radius 3 is 2.54 bits per heavy atom. The molecular formula is C11H20O2. The van der Waals surface area contributed by atoms with Crippen molar-refractivity contribution in [3.63, 3.8) is 0 Å². The van der Waals surface area contributed by atoms with E-state index in [-0.39, 0.29) is 12.1 Å². The average Bonchev–Trinajstić information content (AvgIpc) is 2.03. The Hall–Kier alpha value is -0.790. The summed E-state index contributed by atoms with van der Waals surface area (Å²) >= 11 is 0. The molecule has 0 rings (SSSR count). The molecule has 0 saturated carbocycles. The van der Waals surface area contributed by atoms with E-state index in [0.717, 1.165) is 12.8 Å². The number of carbonyl (C=O) groups excluding carboxylic acids is 1. The first-order chi connectivity index (χ1) is 6.06. The summed E-state index contributed by atoms with van der Waals surface area (Å²) in [6.07, 6.45) is 4.57. The molecule has 0 aliphatic rings. The fraction of sp³-hybridized carbons (Fsp3) is 0.727. The number of hydrogen-bond donors (Lipinski definition) is 0. The number of ether oxygens (including phenoxy) is 1. The van der Waals surface area contributed by atoms with E-state index in [9.17, 15) is 4.79 Å². The number of hydrogen-bond acceptors (Lipinski definition) is 2. The van der Waals surface area contributed by atoms with Crippen molar-refractivity contribution in [3.05, 3.63) is 11.6 Å². The van der Waals surface area contributed by atoms with E-state index in [1.54, 1.807) is 0 Å². The van der Waals surface area contributed by atoms with Crippen LogP contribution in [0.25, 0.3) is 0 Å². The molecule has 13 heavy (non-hydrogen) atoms. The lowest BCUT2D eigenvalue weighted by Gasteiger charge is -2.10. The normalized spacial score (nSPS) is 12.0. The molecule has 0 aliphatic carbocycles. The molecule has 0 radical (unpaired) electrons. The number of rotatable bonds is 5. The predicted octanol–water partition coefficient (Wildman–Crippen LogP) is 3.07. The summed E-state index contributed by atoms with van der Waals surface area (Å²) in [5, 5.41) is 0. The Labute approximate surface area is 81.0 Å². The van der Waals surface area contributed by atoms with Gasteiger partial charge in [-0.25, -0.2) is 0 Å². The second-order valence-electron chi connectivity index (χ2n) is 3.51. The van der Waals surface area contributed by atoms with Gasteiger partial charge in [0.25, 0.3) is 0 Å². The molecule has 0 bridgehead atoms. The molecule has 0 aromatic heterocycles. The van der Waals surface area contributed by atoms with Crippen molar-refractivity contribution < 1.29 is 9.53 Å². The maximum Gasteiger partial charge on any atom is 0.305 e. The lowest BCUT2D eigenvalue weighted by atomic mass is 10.2. The van der Waals surface area contributed by atoms with Gasteiger partial charge in [-0.05, 0) is 33.6 Å². The molecule has 2 heteroatoms. The zero-order valence-electron chi connectivity index (χ0n) is 9.09. The molecule has 0 amide bonds. The van der Waals surface area contributed by atoms with Crippen LogP contribution in [0.2, 0.25) is 0 Å². The molecule has 0 aromatic rings. The predicted molar refractivity (Wildman–Crippen MR) is 54.5 cm³/mol. The molecule has 1 atom stereocenters. The van der Waals surface area contributed by atoms with Crippen molar-refractivity contribution in [2.24, 2.45) is 0 Å². The van der Waals surface area contributed by atoms with E-state index >= 15 is 0 Å². The van der Waals surface area contributed by atoms with Crippen molar-refractivity contribution >= 4 is 5.97 Å². The van der Waals surface area contributed by atoms with Gasteiger partial charge >= 0.3 is 5.97 Å². The van der Waals surface area contributed by atoms with Crippen molar-refractivity contribution in [3.8, 4) is 0 Å². The lowest BCUT2D eigenvalue weighted by Crippen LogP contribution is -2.13. The Morgan fingerprint density at radius 1 is 1.46 bits per heavy atom. The van der Waals surface area contributed by atoms with Crippen LogP contribution >= 0.6 is 0 Å². The van der Waals surface area contributed by atoms with Gasteiger partial charge < -0.3 is 4.74 Å². The fourth-order valence-electron chi connectivity index (χ4n) is 0.973. The van der Waals surface area contributed by atoms with E-state index < -0.39 is 0 Å². The van der Waals surface area contributed by atoms with Gasteiger partial charge in [0.1, 0.15) is 0 Å².